The Kier molecular flexibility index (Phi) is 8.96. The van der Waals surface area contributed by atoms with E-state index in [2.05, 4.69) is 10.6 Å². The van der Waals surface area contributed by atoms with Crippen molar-refractivity contribution in [1.82, 2.24) is 20.4 Å². The number of benzene rings is 2. The van der Waals surface area contributed by atoms with E-state index in [1.54, 1.807) is 31.3 Å². The lowest BCUT2D eigenvalue weighted by Gasteiger charge is -2.30. The number of para-hydroxylation sites is 1. The molecule has 1 saturated heterocycles. The van der Waals surface area contributed by atoms with Gasteiger partial charge >= 0.3 is 0 Å². The Morgan fingerprint density at radius 2 is 1.76 bits per heavy atom. The highest BCUT2D eigenvalue weighted by Gasteiger charge is 2.36. The Bertz CT molecular complexity index is 1160. The predicted octanol–water partition coefficient (Wildman–Crippen LogP) is 0.737. The summed E-state index contributed by atoms with van der Waals surface area (Å²) >= 11 is 0. The smallest absolute Gasteiger partial charge is 0.255 e. The number of aliphatic hydroxyl groups excluding tert-OH is 1. The summed E-state index contributed by atoms with van der Waals surface area (Å²) in [6, 6.07) is 13.6. The number of hydrogen-bond acceptors (Lipinski definition) is 6. The van der Waals surface area contributed by atoms with Gasteiger partial charge in [0.25, 0.3) is 5.91 Å². The van der Waals surface area contributed by atoms with E-state index < -0.39 is 29.8 Å². The maximum absolute atomic E-state index is 13.5. The molecule has 2 aromatic carbocycles. The molecule has 2 heterocycles. The van der Waals surface area contributed by atoms with Gasteiger partial charge in [-0.15, -0.1) is 0 Å². The van der Waals surface area contributed by atoms with Crippen LogP contribution in [0.4, 0.5) is 0 Å². The fourth-order valence-electron chi connectivity index (χ4n) is 4.89. The highest BCUT2D eigenvalue weighted by Crippen LogP contribution is 2.21. The predicted molar refractivity (Wildman–Crippen MR) is 139 cm³/mol. The molecule has 0 radical (unpaired) electrons. The number of carbonyl (C=O) groups is 4. The topological polar surface area (TPSA) is 128 Å². The molecule has 10 heteroatoms. The molecular formula is C28H34N4O6. The molecule has 10 nitrogen and oxygen atoms in total. The van der Waals surface area contributed by atoms with Crippen LogP contribution in [-0.4, -0.2) is 90.0 Å². The molecule has 2 aliphatic rings. The van der Waals surface area contributed by atoms with E-state index in [0.29, 0.717) is 18.7 Å². The molecule has 0 aromatic heterocycles. The lowest BCUT2D eigenvalue weighted by Crippen LogP contribution is -2.54. The third kappa shape index (κ3) is 6.49. The molecule has 0 aliphatic carbocycles. The molecule has 4 amide bonds. The Morgan fingerprint density at radius 1 is 1.03 bits per heavy atom. The normalized spacial score (nSPS) is 23.1. The van der Waals surface area contributed by atoms with Gasteiger partial charge in [0, 0.05) is 20.0 Å². The van der Waals surface area contributed by atoms with Gasteiger partial charge in [0.15, 0.2) is 0 Å². The number of amides is 4. The second-order valence-electron chi connectivity index (χ2n) is 9.65. The number of nitrogens with one attached hydrogen (secondary N) is 2. The summed E-state index contributed by atoms with van der Waals surface area (Å²) in [7, 11) is 1.63. The second kappa shape index (κ2) is 12.6. The van der Waals surface area contributed by atoms with Crippen molar-refractivity contribution in [3.05, 3.63) is 65.7 Å². The van der Waals surface area contributed by atoms with Gasteiger partial charge in [0.2, 0.25) is 17.7 Å². The zero-order chi connectivity index (χ0) is 27.1. The minimum atomic E-state index is -1.18. The van der Waals surface area contributed by atoms with Crippen molar-refractivity contribution in [3.8, 4) is 5.75 Å². The van der Waals surface area contributed by atoms with Gasteiger partial charge < -0.3 is 30.3 Å². The maximum atomic E-state index is 13.5. The number of hydrogen-bond donors (Lipinski definition) is 3. The number of fused-ring (bicyclic) bond motifs is 1. The lowest BCUT2D eigenvalue weighted by atomic mass is 10.0. The van der Waals surface area contributed by atoms with Gasteiger partial charge in [-0.1, -0.05) is 42.5 Å². The first-order valence-corrected chi connectivity index (χ1v) is 12.9. The van der Waals surface area contributed by atoms with Crippen molar-refractivity contribution >= 4 is 23.6 Å². The van der Waals surface area contributed by atoms with Crippen LogP contribution in [0.3, 0.4) is 0 Å². The first kappa shape index (κ1) is 27.1. The second-order valence-corrected chi connectivity index (χ2v) is 9.65. The van der Waals surface area contributed by atoms with Crippen molar-refractivity contribution in [1.29, 1.82) is 0 Å². The van der Waals surface area contributed by atoms with Gasteiger partial charge in [0.1, 0.15) is 24.4 Å². The number of nitrogens with zero attached hydrogens (tertiary/aromatic N) is 2. The van der Waals surface area contributed by atoms with Crippen molar-refractivity contribution in [2.45, 2.75) is 43.8 Å². The van der Waals surface area contributed by atoms with Crippen LogP contribution in [-0.2, 0) is 20.8 Å². The molecule has 0 bridgehead atoms. The lowest BCUT2D eigenvalue weighted by molar-refractivity contribution is -0.138. The summed E-state index contributed by atoms with van der Waals surface area (Å²) in [5.74, 6) is -1.50. The zero-order valence-corrected chi connectivity index (χ0v) is 21.5. The molecule has 0 saturated carbocycles. The number of carbonyl (C=O) groups excluding carboxylic acids is 4. The van der Waals surface area contributed by atoms with Crippen molar-refractivity contribution in [2.75, 3.05) is 33.4 Å². The molecule has 1 fully saturated rings. The minimum absolute atomic E-state index is 0.132. The van der Waals surface area contributed by atoms with Crippen LogP contribution in [0.5, 0.6) is 5.75 Å². The van der Waals surface area contributed by atoms with Crippen LogP contribution in [0.25, 0.3) is 0 Å². The summed E-state index contributed by atoms with van der Waals surface area (Å²) in [5, 5.41) is 15.2. The highest BCUT2D eigenvalue weighted by atomic mass is 16.5. The van der Waals surface area contributed by atoms with Gasteiger partial charge in [-0.25, -0.2) is 0 Å². The molecule has 38 heavy (non-hydrogen) atoms. The number of aliphatic hydroxyl groups is 1. The third-order valence-corrected chi connectivity index (χ3v) is 6.97. The SMILES string of the molecule is CN1CCOc2ccccc2C(=O)N[C@H](C(=O)N2CCC[C@@H]2CO)CC(=O)N[C@@H](Cc2ccccc2)C1=O. The Balaban J connectivity index is 1.64. The fraction of sp³-hybridized carbons (Fsp3) is 0.429. The van der Waals surface area contributed by atoms with Gasteiger partial charge in [-0.05, 0) is 30.5 Å². The van der Waals surface area contributed by atoms with Crippen molar-refractivity contribution < 1.29 is 29.0 Å². The van der Waals surface area contributed by atoms with Gasteiger partial charge in [-0.2, -0.15) is 0 Å². The molecule has 3 N–H and O–H groups in total. The van der Waals surface area contributed by atoms with E-state index in [0.717, 1.165) is 12.0 Å². The molecular weight excluding hydrogens is 488 g/mol. The Labute approximate surface area is 221 Å². The number of likely N-dealkylation sites (N-methyl/N-ethyl adjacent to an activating group) is 1. The van der Waals surface area contributed by atoms with E-state index in [-0.39, 0.29) is 50.1 Å². The minimum Gasteiger partial charge on any atom is -0.491 e. The molecule has 2 aromatic rings. The molecule has 2 aliphatic heterocycles. The average molecular weight is 523 g/mol. The van der Waals surface area contributed by atoms with Crippen molar-refractivity contribution in [3.63, 3.8) is 0 Å². The third-order valence-electron chi connectivity index (χ3n) is 6.97. The van der Waals surface area contributed by atoms with Crippen LogP contribution < -0.4 is 15.4 Å². The molecule has 3 atom stereocenters. The first-order valence-electron chi connectivity index (χ1n) is 12.9. The maximum Gasteiger partial charge on any atom is 0.255 e. The summed E-state index contributed by atoms with van der Waals surface area (Å²) in [5.41, 5.74) is 1.09. The van der Waals surface area contributed by atoms with Crippen LogP contribution in [0, 0.1) is 0 Å². The highest BCUT2D eigenvalue weighted by molar-refractivity contribution is 6.01. The standard InChI is InChI=1S/C28H34N4O6/c1-31-14-15-38-24-12-6-5-11-21(24)26(35)30-23(28(37)32-13-7-10-20(32)18-33)17-25(34)29-22(27(31)36)16-19-8-3-2-4-9-19/h2-6,8-9,11-12,20,22-23,33H,7,10,13-18H2,1H3,(H,29,34)(H,30,35)/t20-,22+,23+/m1/s1. The molecule has 0 spiro atoms. The monoisotopic (exact) mass is 522 g/mol. The van der Waals surface area contributed by atoms with Crippen LogP contribution >= 0.6 is 0 Å². The van der Waals surface area contributed by atoms with E-state index >= 15 is 0 Å². The van der Waals surface area contributed by atoms with E-state index in [1.807, 2.05) is 30.3 Å². The van der Waals surface area contributed by atoms with Crippen LogP contribution in [0.2, 0.25) is 0 Å². The van der Waals surface area contributed by atoms with Crippen LogP contribution in [0.1, 0.15) is 35.2 Å². The number of ether oxygens (including phenoxy) is 1. The summed E-state index contributed by atoms with van der Waals surface area (Å²) < 4.78 is 5.86. The van der Waals surface area contributed by atoms with E-state index in [1.165, 1.54) is 9.80 Å². The largest absolute Gasteiger partial charge is 0.491 e. The quantitative estimate of drug-likeness (QED) is 0.543. The van der Waals surface area contributed by atoms with E-state index in [9.17, 15) is 24.3 Å². The van der Waals surface area contributed by atoms with Gasteiger partial charge in [-0.3, -0.25) is 19.2 Å². The average Bonchev–Trinajstić information content (AvgIpc) is 3.41. The van der Waals surface area contributed by atoms with Crippen LogP contribution in [0.15, 0.2) is 54.6 Å². The summed E-state index contributed by atoms with van der Waals surface area (Å²) in [6.07, 6.45) is 1.28. The first-order chi connectivity index (χ1) is 18.4. The summed E-state index contributed by atoms with van der Waals surface area (Å²) in [6.45, 7) is 0.605. The van der Waals surface area contributed by atoms with Gasteiger partial charge in [0.05, 0.1) is 31.2 Å². The van der Waals surface area contributed by atoms with E-state index in [4.69, 9.17) is 4.74 Å². The fourth-order valence-corrected chi connectivity index (χ4v) is 4.89. The molecule has 0 unspecified atom stereocenters. The Morgan fingerprint density at radius 3 is 2.53 bits per heavy atom. The zero-order valence-electron chi connectivity index (χ0n) is 21.5. The number of rotatable bonds is 4. The number of likely N-dealkylation sites (tertiary alicyclic amines) is 1. The molecule has 202 valence electrons. The summed E-state index contributed by atoms with van der Waals surface area (Å²) in [4.78, 5) is 56.4. The molecule has 4 rings (SSSR count). The van der Waals surface area contributed by atoms with Crippen molar-refractivity contribution in [2.24, 2.45) is 0 Å². The Hall–Kier alpha value is -3.92.